The number of likely N-dealkylation sites (N-methyl/N-ethyl adjacent to an activating group) is 1. The number of carbonyl (C=O) groups excluding carboxylic acids is 1. The first-order chi connectivity index (χ1) is 10.6. The van der Waals surface area contributed by atoms with Gasteiger partial charge >= 0.3 is 0 Å². The lowest BCUT2D eigenvalue weighted by Gasteiger charge is -2.24. The van der Waals surface area contributed by atoms with E-state index in [2.05, 4.69) is 20.2 Å². The summed E-state index contributed by atoms with van der Waals surface area (Å²) in [6, 6.07) is 4.14. The van der Waals surface area contributed by atoms with Crippen molar-refractivity contribution in [2.75, 3.05) is 27.2 Å². The summed E-state index contributed by atoms with van der Waals surface area (Å²) in [6.45, 7) is 1.37. The number of nitrogens with zero attached hydrogens (tertiary/aromatic N) is 6. The molecule has 1 fully saturated rings. The number of hydrogen-bond donors (Lipinski definition) is 0. The fourth-order valence-electron chi connectivity index (χ4n) is 2.92. The molecule has 0 N–H and O–H groups in total. The Morgan fingerprint density at radius 3 is 2.68 bits per heavy atom. The second-order valence-corrected chi connectivity index (χ2v) is 5.81. The molecule has 7 nitrogen and oxygen atoms in total. The Labute approximate surface area is 129 Å². The molecule has 1 saturated heterocycles. The average Bonchev–Trinajstić information content (AvgIpc) is 3.17. The number of pyridine rings is 1. The van der Waals surface area contributed by atoms with Crippen molar-refractivity contribution in [3.8, 4) is 0 Å². The van der Waals surface area contributed by atoms with Crippen LogP contribution in [0.2, 0.25) is 0 Å². The van der Waals surface area contributed by atoms with Gasteiger partial charge in [-0.25, -0.2) is 4.68 Å². The number of carbonyl (C=O) groups is 1. The first-order valence-electron chi connectivity index (χ1n) is 7.34. The van der Waals surface area contributed by atoms with Crippen LogP contribution in [-0.4, -0.2) is 68.9 Å². The third-order valence-corrected chi connectivity index (χ3v) is 4.16. The molecule has 0 saturated carbocycles. The van der Waals surface area contributed by atoms with E-state index in [0.29, 0.717) is 19.5 Å². The van der Waals surface area contributed by atoms with Crippen LogP contribution in [0, 0.1) is 0 Å². The van der Waals surface area contributed by atoms with E-state index >= 15 is 0 Å². The maximum Gasteiger partial charge on any atom is 0.227 e. The van der Waals surface area contributed by atoms with Gasteiger partial charge in [-0.3, -0.25) is 9.78 Å². The molecule has 3 rings (SSSR count). The minimum Gasteiger partial charge on any atom is -0.339 e. The topological polar surface area (TPSA) is 67.2 Å². The Morgan fingerprint density at radius 1 is 1.27 bits per heavy atom. The molecular formula is C15H20N6O. The summed E-state index contributed by atoms with van der Waals surface area (Å²) in [5, 5.41) is 7.98. The smallest absolute Gasteiger partial charge is 0.227 e. The van der Waals surface area contributed by atoms with Gasteiger partial charge in [0.05, 0.1) is 24.7 Å². The van der Waals surface area contributed by atoms with Gasteiger partial charge in [-0.2, -0.15) is 0 Å². The molecule has 3 heterocycles. The van der Waals surface area contributed by atoms with Crippen molar-refractivity contribution in [3.05, 3.63) is 42.5 Å². The van der Waals surface area contributed by atoms with E-state index in [-0.39, 0.29) is 18.0 Å². The monoisotopic (exact) mass is 300 g/mol. The van der Waals surface area contributed by atoms with E-state index < -0.39 is 0 Å². The molecule has 1 aliphatic rings. The van der Waals surface area contributed by atoms with Crippen molar-refractivity contribution in [1.82, 2.24) is 29.8 Å². The zero-order valence-electron chi connectivity index (χ0n) is 12.8. The molecule has 0 spiro atoms. The SMILES string of the molecule is CN(C)[C@@H]1CN(C(=O)Cc2ccncc2)C[C@@H]1n1ccnn1. The molecule has 22 heavy (non-hydrogen) atoms. The lowest BCUT2D eigenvalue weighted by atomic mass is 10.1. The van der Waals surface area contributed by atoms with Gasteiger partial charge in [-0.1, -0.05) is 5.21 Å². The zero-order chi connectivity index (χ0) is 15.5. The van der Waals surface area contributed by atoms with Gasteiger partial charge in [-0.15, -0.1) is 5.10 Å². The molecule has 0 bridgehead atoms. The van der Waals surface area contributed by atoms with Crippen LogP contribution in [0.3, 0.4) is 0 Å². The zero-order valence-corrected chi connectivity index (χ0v) is 12.8. The quantitative estimate of drug-likeness (QED) is 0.808. The molecular weight excluding hydrogens is 280 g/mol. The Bertz CT molecular complexity index is 612. The number of aromatic nitrogens is 4. The van der Waals surface area contributed by atoms with Gasteiger partial charge in [0.1, 0.15) is 0 Å². The molecule has 1 aliphatic heterocycles. The van der Waals surface area contributed by atoms with Gasteiger partial charge in [-0.05, 0) is 31.8 Å². The Kier molecular flexibility index (Phi) is 4.15. The van der Waals surface area contributed by atoms with Crippen LogP contribution in [0.1, 0.15) is 11.6 Å². The van der Waals surface area contributed by atoms with E-state index in [1.54, 1.807) is 18.6 Å². The maximum atomic E-state index is 12.5. The van der Waals surface area contributed by atoms with Crippen molar-refractivity contribution >= 4 is 5.91 Å². The number of likely N-dealkylation sites (tertiary alicyclic amines) is 1. The highest BCUT2D eigenvalue weighted by atomic mass is 16.2. The minimum atomic E-state index is 0.138. The van der Waals surface area contributed by atoms with Crippen LogP contribution in [0.15, 0.2) is 36.9 Å². The summed E-state index contributed by atoms with van der Waals surface area (Å²) >= 11 is 0. The predicted octanol–water partition coefficient (Wildman–Crippen LogP) is 0.229. The lowest BCUT2D eigenvalue weighted by molar-refractivity contribution is -0.129. The van der Waals surface area contributed by atoms with Crippen molar-refractivity contribution in [1.29, 1.82) is 0 Å². The van der Waals surface area contributed by atoms with Gasteiger partial charge in [0.2, 0.25) is 5.91 Å². The van der Waals surface area contributed by atoms with E-state index in [4.69, 9.17) is 0 Å². The Morgan fingerprint density at radius 2 is 2.05 bits per heavy atom. The molecule has 116 valence electrons. The standard InChI is InChI=1S/C15H20N6O/c1-19(2)13-10-20(11-14(13)21-8-7-17-18-21)15(22)9-12-3-5-16-6-4-12/h3-8,13-14H,9-11H2,1-2H3/t13-,14+/m1/s1. The van der Waals surface area contributed by atoms with Crippen molar-refractivity contribution in [2.24, 2.45) is 0 Å². The number of rotatable bonds is 4. The highest BCUT2D eigenvalue weighted by Gasteiger charge is 2.37. The average molecular weight is 300 g/mol. The van der Waals surface area contributed by atoms with E-state index in [1.807, 2.05) is 42.0 Å². The summed E-state index contributed by atoms with van der Waals surface area (Å²) < 4.78 is 1.85. The number of amides is 1. The fraction of sp³-hybridized carbons (Fsp3) is 0.467. The molecule has 7 heteroatoms. The van der Waals surface area contributed by atoms with Gasteiger partial charge in [0.25, 0.3) is 0 Å². The molecule has 2 atom stereocenters. The summed E-state index contributed by atoms with van der Waals surface area (Å²) in [4.78, 5) is 20.6. The lowest BCUT2D eigenvalue weighted by Crippen LogP contribution is -2.37. The van der Waals surface area contributed by atoms with Gasteiger partial charge in [0.15, 0.2) is 0 Å². The Hall–Kier alpha value is -2.28. The maximum absolute atomic E-state index is 12.5. The number of hydrogen-bond acceptors (Lipinski definition) is 5. The molecule has 2 aromatic heterocycles. The highest BCUT2D eigenvalue weighted by molar-refractivity contribution is 5.79. The van der Waals surface area contributed by atoms with Crippen LogP contribution in [0.5, 0.6) is 0 Å². The minimum absolute atomic E-state index is 0.138. The molecule has 0 unspecified atom stereocenters. The van der Waals surface area contributed by atoms with Crippen molar-refractivity contribution in [3.63, 3.8) is 0 Å². The summed E-state index contributed by atoms with van der Waals surface area (Å²) in [7, 11) is 4.07. The van der Waals surface area contributed by atoms with Crippen LogP contribution < -0.4 is 0 Å². The van der Waals surface area contributed by atoms with Crippen LogP contribution in [0.25, 0.3) is 0 Å². The van der Waals surface area contributed by atoms with Crippen molar-refractivity contribution < 1.29 is 4.79 Å². The first-order valence-corrected chi connectivity index (χ1v) is 7.34. The van der Waals surface area contributed by atoms with Crippen LogP contribution in [-0.2, 0) is 11.2 Å². The molecule has 0 radical (unpaired) electrons. The first kappa shape index (κ1) is 14.6. The van der Waals surface area contributed by atoms with E-state index in [0.717, 1.165) is 5.56 Å². The molecule has 0 aliphatic carbocycles. The third kappa shape index (κ3) is 2.99. The summed E-state index contributed by atoms with van der Waals surface area (Å²) in [6.07, 6.45) is 7.37. The predicted molar refractivity (Wildman–Crippen MR) is 81.1 cm³/mol. The van der Waals surface area contributed by atoms with E-state index in [9.17, 15) is 4.79 Å². The molecule has 2 aromatic rings. The van der Waals surface area contributed by atoms with E-state index in [1.165, 1.54) is 0 Å². The second-order valence-electron chi connectivity index (χ2n) is 5.81. The van der Waals surface area contributed by atoms with Crippen molar-refractivity contribution in [2.45, 2.75) is 18.5 Å². The molecule has 0 aromatic carbocycles. The summed E-state index contributed by atoms with van der Waals surface area (Å²) in [5.74, 6) is 0.140. The van der Waals surface area contributed by atoms with Crippen LogP contribution in [0.4, 0.5) is 0 Å². The fourth-order valence-corrected chi connectivity index (χ4v) is 2.92. The van der Waals surface area contributed by atoms with Gasteiger partial charge < -0.3 is 9.80 Å². The van der Waals surface area contributed by atoms with Gasteiger partial charge in [0, 0.05) is 31.7 Å². The normalized spacial score (nSPS) is 21.5. The largest absolute Gasteiger partial charge is 0.339 e. The Balaban J connectivity index is 1.72. The van der Waals surface area contributed by atoms with Crippen LogP contribution >= 0.6 is 0 Å². The third-order valence-electron chi connectivity index (χ3n) is 4.16. The highest BCUT2D eigenvalue weighted by Crippen LogP contribution is 2.25. The summed E-state index contributed by atoms with van der Waals surface area (Å²) in [5.41, 5.74) is 0.991. The molecule has 1 amide bonds. The second kappa shape index (κ2) is 6.23.